The van der Waals surface area contributed by atoms with Gasteiger partial charge in [-0.25, -0.2) is 0 Å². The third-order valence-corrected chi connectivity index (χ3v) is 4.79. The summed E-state index contributed by atoms with van der Waals surface area (Å²) in [5.74, 6) is -0.396. The van der Waals surface area contributed by atoms with Gasteiger partial charge in [0.1, 0.15) is 5.75 Å². The molecule has 1 aliphatic heterocycles. The molecular weight excluding hydrogens is 334 g/mol. The highest BCUT2D eigenvalue weighted by Gasteiger charge is 2.35. The molecule has 1 saturated heterocycles. The molecule has 0 atom stereocenters. The topological polar surface area (TPSA) is 79.9 Å². The highest BCUT2D eigenvalue weighted by molar-refractivity contribution is 6.35. The molecule has 1 fully saturated rings. The quantitative estimate of drug-likeness (QED) is 0.691. The monoisotopic (exact) mass is 363 g/mol. The van der Waals surface area contributed by atoms with E-state index in [1.807, 2.05) is 43.3 Å². The van der Waals surface area contributed by atoms with E-state index >= 15 is 0 Å². The lowest BCUT2D eigenvalue weighted by Gasteiger charge is -2.38. The summed E-state index contributed by atoms with van der Waals surface area (Å²) in [5.41, 5.74) is 0.888. The van der Waals surface area contributed by atoms with Crippen molar-refractivity contribution in [1.29, 1.82) is 0 Å². The van der Waals surface area contributed by atoms with Gasteiger partial charge in [-0.1, -0.05) is 12.1 Å². The van der Waals surface area contributed by atoms with E-state index in [0.717, 1.165) is 24.2 Å². The zero-order valence-electron chi connectivity index (χ0n) is 15.8. The minimum absolute atomic E-state index is 0.232. The van der Waals surface area contributed by atoms with Gasteiger partial charge in [0.2, 0.25) is 0 Å². The molecule has 0 radical (unpaired) electrons. The van der Waals surface area contributed by atoms with Gasteiger partial charge in [0.15, 0.2) is 0 Å². The van der Waals surface area contributed by atoms with Gasteiger partial charge in [-0.3, -0.25) is 9.59 Å². The van der Waals surface area contributed by atoms with Crippen molar-refractivity contribution in [1.82, 2.24) is 15.5 Å². The average Bonchev–Trinajstić information content (AvgIpc) is 2.66. The van der Waals surface area contributed by atoms with Crippen LogP contribution in [0.25, 0.3) is 0 Å². The number of benzene rings is 1. The molecule has 2 N–H and O–H groups in total. The molecule has 144 valence electrons. The lowest BCUT2D eigenvalue weighted by atomic mass is 9.74. The second kappa shape index (κ2) is 9.54. The van der Waals surface area contributed by atoms with Gasteiger partial charge in [0.05, 0.1) is 7.11 Å². The molecule has 7 nitrogen and oxygen atoms in total. The average molecular weight is 363 g/mol. The Balaban J connectivity index is 1.99. The standard InChI is InChI=1S/C19H29N3O4/c1-22(2)11-10-20-17(23)18(24)21-14-19(8-12-26-13-9-19)15-4-6-16(25-3)7-5-15/h4-7H,8-14H2,1-3H3,(H,20,23)(H,21,24). The maximum atomic E-state index is 12.1. The summed E-state index contributed by atoms with van der Waals surface area (Å²) in [6.45, 7) is 2.80. The fourth-order valence-electron chi connectivity index (χ4n) is 3.08. The van der Waals surface area contributed by atoms with Crippen LogP contribution in [0.3, 0.4) is 0 Å². The van der Waals surface area contributed by atoms with Crippen LogP contribution >= 0.6 is 0 Å². The molecule has 0 unspecified atom stereocenters. The largest absolute Gasteiger partial charge is 0.497 e. The molecule has 1 aliphatic rings. The van der Waals surface area contributed by atoms with E-state index in [2.05, 4.69) is 10.6 Å². The number of nitrogens with one attached hydrogen (secondary N) is 2. The Kier molecular flexibility index (Phi) is 7.41. The molecule has 26 heavy (non-hydrogen) atoms. The zero-order valence-corrected chi connectivity index (χ0v) is 15.8. The molecular formula is C19H29N3O4. The Morgan fingerprint density at radius 1 is 1.12 bits per heavy atom. The highest BCUT2D eigenvalue weighted by Crippen LogP contribution is 2.35. The molecule has 0 saturated carbocycles. The molecule has 2 amide bonds. The van der Waals surface area contributed by atoms with Crippen molar-refractivity contribution in [2.45, 2.75) is 18.3 Å². The molecule has 2 rings (SSSR count). The summed E-state index contributed by atoms with van der Waals surface area (Å²) in [7, 11) is 5.46. The fourth-order valence-corrected chi connectivity index (χ4v) is 3.08. The molecule has 1 aromatic rings. The van der Waals surface area contributed by atoms with Crippen LogP contribution < -0.4 is 15.4 Å². The Hall–Kier alpha value is -2.12. The van der Waals surface area contributed by atoms with Crippen molar-refractivity contribution in [3.63, 3.8) is 0 Å². The lowest BCUT2D eigenvalue weighted by Crippen LogP contribution is -2.49. The zero-order chi connectivity index (χ0) is 19.0. The van der Waals surface area contributed by atoms with Crippen LogP contribution in [-0.4, -0.2) is 70.8 Å². The number of carbonyl (C=O) groups excluding carboxylic acids is 2. The second-order valence-corrected chi connectivity index (χ2v) is 6.86. The van der Waals surface area contributed by atoms with Crippen molar-refractivity contribution in [2.24, 2.45) is 0 Å². The Morgan fingerprint density at radius 2 is 1.73 bits per heavy atom. The summed E-state index contributed by atoms with van der Waals surface area (Å²) >= 11 is 0. The number of methoxy groups -OCH3 is 1. The molecule has 0 bridgehead atoms. The maximum absolute atomic E-state index is 12.1. The number of ether oxygens (including phenoxy) is 2. The Morgan fingerprint density at radius 3 is 2.31 bits per heavy atom. The van der Waals surface area contributed by atoms with Crippen LogP contribution in [0, 0.1) is 0 Å². The number of likely N-dealkylation sites (N-methyl/N-ethyl adjacent to an activating group) is 1. The first kappa shape index (κ1) is 20.2. The van der Waals surface area contributed by atoms with Gasteiger partial charge in [-0.05, 0) is 44.6 Å². The van der Waals surface area contributed by atoms with E-state index in [4.69, 9.17) is 9.47 Å². The molecule has 0 aromatic heterocycles. The number of hydrogen-bond donors (Lipinski definition) is 2. The van der Waals surface area contributed by atoms with Gasteiger partial charge in [0.25, 0.3) is 0 Å². The maximum Gasteiger partial charge on any atom is 0.309 e. The van der Waals surface area contributed by atoms with Crippen molar-refractivity contribution < 1.29 is 19.1 Å². The van der Waals surface area contributed by atoms with E-state index in [-0.39, 0.29) is 5.41 Å². The summed E-state index contributed by atoms with van der Waals surface area (Å²) in [6, 6.07) is 7.88. The predicted octanol–water partition coefficient (Wildman–Crippen LogP) is 0.537. The van der Waals surface area contributed by atoms with Gasteiger partial charge in [-0.2, -0.15) is 0 Å². The number of carbonyl (C=O) groups is 2. The van der Waals surface area contributed by atoms with E-state index in [1.54, 1.807) is 7.11 Å². The molecule has 0 spiro atoms. The van der Waals surface area contributed by atoms with Crippen molar-refractivity contribution >= 4 is 11.8 Å². The molecule has 1 aromatic carbocycles. The first-order chi connectivity index (χ1) is 12.5. The summed E-state index contributed by atoms with van der Waals surface area (Å²) in [6.07, 6.45) is 1.59. The fraction of sp³-hybridized carbons (Fsp3) is 0.579. The number of amides is 2. The Bertz CT molecular complexity index is 595. The number of rotatable bonds is 7. The molecule has 0 aliphatic carbocycles. The molecule has 7 heteroatoms. The van der Waals surface area contributed by atoms with Crippen LogP contribution in [0.2, 0.25) is 0 Å². The van der Waals surface area contributed by atoms with E-state index in [0.29, 0.717) is 32.8 Å². The lowest BCUT2D eigenvalue weighted by molar-refractivity contribution is -0.139. The van der Waals surface area contributed by atoms with Crippen LogP contribution in [0.15, 0.2) is 24.3 Å². The first-order valence-electron chi connectivity index (χ1n) is 8.90. The second-order valence-electron chi connectivity index (χ2n) is 6.86. The van der Waals surface area contributed by atoms with Crippen molar-refractivity contribution in [2.75, 3.05) is 54.1 Å². The van der Waals surface area contributed by atoms with Crippen LogP contribution in [0.4, 0.5) is 0 Å². The van der Waals surface area contributed by atoms with Gasteiger partial charge >= 0.3 is 11.8 Å². The highest BCUT2D eigenvalue weighted by atomic mass is 16.5. The van der Waals surface area contributed by atoms with Gasteiger partial charge < -0.3 is 25.0 Å². The third kappa shape index (κ3) is 5.44. The molecule has 1 heterocycles. The summed E-state index contributed by atoms with van der Waals surface area (Å²) in [5, 5.41) is 5.44. The smallest absolute Gasteiger partial charge is 0.309 e. The summed E-state index contributed by atoms with van der Waals surface area (Å²) < 4.78 is 10.7. The van der Waals surface area contributed by atoms with Crippen molar-refractivity contribution in [3.8, 4) is 5.75 Å². The van der Waals surface area contributed by atoms with E-state index in [1.165, 1.54) is 0 Å². The third-order valence-electron chi connectivity index (χ3n) is 4.79. The van der Waals surface area contributed by atoms with E-state index in [9.17, 15) is 9.59 Å². The minimum atomic E-state index is -0.594. The van der Waals surface area contributed by atoms with Crippen LogP contribution in [-0.2, 0) is 19.7 Å². The van der Waals surface area contributed by atoms with E-state index < -0.39 is 11.8 Å². The van der Waals surface area contributed by atoms with Crippen LogP contribution in [0.1, 0.15) is 18.4 Å². The number of nitrogens with zero attached hydrogens (tertiary/aromatic N) is 1. The number of hydrogen-bond acceptors (Lipinski definition) is 5. The first-order valence-corrected chi connectivity index (χ1v) is 8.90. The SMILES string of the molecule is COc1ccc(C2(CNC(=O)C(=O)NCCN(C)C)CCOCC2)cc1. The van der Waals surface area contributed by atoms with Crippen molar-refractivity contribution in [3.05, 3.63) is 29.8 Å². The summed E-state index contributed by atoms with van der Waals surface area (Å²) in [4.78, 5) is 26.0. The Labute approximate surface area is 155 Å². The van der Waals surface area contributed by atoms with Crippen LogP contribution in [0.5, 0.6) is 5.75 Å². The normalized spacial score (nSPS) is 16.2. The minimum Gasteiger partial charge on any atom is -0.497 e. The predicted molar refractivity (Wildman–Crippen MR) is 99.3 cm³/mol. The van der Waals surface area contributed by atoms with Gasteiger partial charge in [-0.15, -0.1) is 0 Å². The van der Waals surface area contributed by atoms with Gasteiger partial charge in [0, 0.05) is 38.3 Å².